The number of halogens is 1. The van der Waals surface area contributed by atoms with E-state index < -0.39 is 20.7 Å². The molecule has 2 aromatic rings. The number of nitrogens with zero attached hydrogens (tertiary/aromatic N) is 2. The molecule has 1 N–H and O–H groups in total. The lowest BCUT2D eigenvalue weighted by atomic mass is 10.3. The number of hydrogen-bond acceptors (Lipinski definition) is 6. The second-order valence-electron chi connectivity index (χ2n) is 3.53. The third-order valence-corrected chi connectivity index (χ3v) is 4.43. The quantitative estimate of drug-likeness (QED) is 0.931. The minimum atomic E-state index is -4.03. The first-order chi connectivity index (χ1) is 8.92. The van der Waals surface area contributed by atoms with E-state index in [-0.39, 0.29) is 10.9 Å². The highest BCUT2D eigenvalue weighted by Crippen LogP contribution is 2.23. The molecular weight excluding hydrogens is 293 g/mol. The van der Waals surface area contributed by atoms with Crippen molar-refractivity contribution >= 4 is 26.5 Å². The van der Waals surface area contributed by atoms with E-state index in [1.165, 1.54) is 13.2 Å². The van der Waals surface area contributed by atoms with Gasteiger partial charge >= 0.3 is 0 Å². The molecule has 1 aromatic heterocycles. The van der Waals surface area contributed by atoms with Gasteiger partial charge in [-0.05, 0) is 19.1 Å². The standard InChI is InChI=1S/C10H10FN3O3S2/c1-6-12-13-10(18-6)14-19(15,16)9-4-3-7(17-2)5-8(9)11/h3-5H,1-2H3,(H,13,14). The maximum Gasteiger partial charge on any atom is 0.266 e. The Morgan fingerprint density at radius 3 is 2.63 bits per heavy atom. The predicted octanol–water partition coefficient (Wildman–Crippen LogP) is 1.80. The number of ether oxygens (including phenoxy) is 1. The van der Waals surface area contributed by atoms with Gasteiger partial charge in [0.15, 0.2) is 0 Å². The number of sulfonamides is 1. The maximum absolute atomic E-state index is 13.7. The molecule has 102 valence electrons. The SMILES string of the molecule is COc1ccc(S(=O)(=O)Nc2nnc(C)s2)c(F)c1. The molecule has 6 nitrogen and oxygen atoms in total. The molecule has 0 fully saturated rings. The van der Waals surface area contributed by atoms with Gasteiger partial charge < -0.3 is 4.74 Å². The van der Waals surface area contributed by atoms with Crippen molar-refractivity contribution in [1.29, 1.82) is 0 Å². The Kier molecular flexibility index (Phi) is 3.67. The number of hydrogen-bond donors (Lipinski definition) is 1. The van der Waals surface area contributed by atoms with Gasteiger partial charge in [0.05, 0.1) is 7.11 Å². The molecule has 0 radical (unpaired) electrons. The third-order valence-electron chi connectivity index (χ3n) is 2.18. The molecule has 0 spiro atoms. The predicted molar refractivity (Wildman–Crippen MR) is 68.4 cm³/mol. The van der Waals surface area contributed by atoms with Gasteiger partial charge in [0.2, 0.25) is 5.13 Å². The minimum absolute atomic E-state index is 0.0905. The van der Waals surface area contributed by atoms with Gasteiger partial charge in [-0.15, -0.1) is 10.2 Å². The van der Waals surface area contributed by atoms with Crippen molar-refractivity contribution in [3.05, 3.63) is 29.0 Å². The van der Waals surface area contributed by atoms with Crippen LogP contribution in [0.1, 0.15) is 5.01 Å². The molecule has 0 atom stereocenters. The topological polar surface area (TPSA) is 81.2 Å². The number of aryl methyl sites for hydroxylation is 1. The molecule has 9 heteroatoms. The summed E-state index contributed by atoms with van der Waals surface area (Å²) < 4.78 is 44.6. The molecule has 1 heterocycles. The number of methoxy groups -OCH3 is 1. The van der Waals surface area contributed by atoms with E-state index in [0.29, 0.717) is 5.01 Å². The molecule has 0 saturated carbocycles. The van der Waals surface area contributed by atoms with Gasteiger partial charge in [-0.25, -0.2) is 12.8 Å². The van der Waals surface area contributed by atoms with Crippen LogP contribution in [0.3, 0.4) is 0 Å². The number of aromatic nitrogens is 2. The molecule has 0 unspecified atom stereocenters. The largest absolute Gasteiger partial charge is 0.497 e. The Hall–Kier alpha value is -1.74. The Labute approximate surface area is 113 Å². The summed E-state index contributed by atoms with van der Waals surface area (Å²) in [6.07, 6.45) is 0. The number of anilines is 1. The molecule has 0 saturated heterocycles. The van der Waals surface area contributed by atoms with Gasteiger partial charge in [-0.2, -0.15) is 0 Å². The van der Waals surface area contributed by atoms with Crippen LogP contribution in [0.25, 0.3) is 0 Å². The Balaban J connectivity index is 2.34. The molecule has 0 aliphatic heterocycles. The summed E-state index contributed by atoms with van der Waals surface area (Å²) in [5, 5.41) is 7.99. The zero-order valence-electron chi connectivity index (χ0n) is 10.0. The van der Waals surface area contributed by atoms with Gasteiger partial charge in [-0.1, -0.05) is 11.3 Å². The van der Waals surface area contributed by atoms with Crippen LogP contribution < -0.4 is 9.46 Å². The average Bonchev–Trinajstić information content (AvgIpc) is 2.73. The summed E-state index contributed by atoms with van der Waals surface area (Å²) in [7, 11) is -2.66. The van der Waals surface area contributed by atoms with Crippen molar-refractivity contribution in [1.82, 2.24) is 10.2 Å². The lowest BCUT2D eigenvalue weighted by Crippen LogP contribution is -2.14. The normalized spacial score (nSPS) is 11.3. The van der Waals surface area contributed by atoms with Crippen LogP contribution in [0.4, 0.5) is 9.52 Å². The third kappa shape index (κ3) is 2.99. The molecule has 0 aliphatic rings. The number of nitrogens with one attached hydrogen (secondary N) is 1. The van der Waals surface area contributed by atoms with Crippen molar-refractivity contribution in [3.8, 4) is 5.75 Å². The van der Waals surface area contributed by atoms with Crippen molar-refractivity contribution in [2.45, 2.75) is 11.8 Å². The molecule has 2 rings (SSSR count). The van der Waals surface area contributed by atoms with E-state index >= 15 is 0 Å². The maximum atomic E-state index is 13.7. The van der Waals surface area contributed by atoms with E-state index in [2.05, 4.69) is 14.9 Å². The Bertz CT molecular complexity index is 700. The van der Waals surface area contributed by atoms with Crippen LogP contribution >= 0.6 is 11.3 Å². The number of benzene rings is 1. The lowest BCUT2D eigenvalue weighted by molar-refractivity contribution is 0.410. The zero-order valence-corrected chi connectivity index (χ0v) is 11.7. The Morgan fingerprint density at radius 2 is 2.11 bits per heavy atom. The van der Waals surface area contributed by atoms with E-state index in [0.717, 1.165) is 23.5 Å². The molecular formula is C10H10FN3O3S2. The van der Waals surface area contributed by atoms with Gasteiger partial charge in [0.25, 0.3) is 10.0 Å². The van der Waals surface area contributed by atoms with Crippen LogP contribution in [0.2, 0.25) is 0 Å². The zero-order chi connectivity index (χ0) is 14.0. The fourth-order valence-electron chi connectivity index (χ4n) is 1.33. The molecule has 0 amide bonds. The summed E-state index contributed by atoms with van der Waals surface area (Å²) in [5.74, 6) is -0.656. The fourth-order valence-corrected chi connectivity index (χ4v) is 3.22. The van der Waals surface area contributed by atoms with E-state index in [4.69, 9.17) is 4.74 Å². The van der Waals surface area contributed by atoms with Gasteiger partial charge in [0, 0.05) is 6.07 Å². The van der Waals surface area contributed by atoms with Crippen molar-refractivity contribution in [2.24, 2.45) is 0 Å². The van der Waals surface area contributed by atoms with Crippen LogP contribution in [0, 0.1) is 12.7 Å². The molecule has 0 aliphatic carbocycles. The van der Waals surface area contributed by atoms with E-state index in [1.54, 1.807) is 6.92 Å². The lowest BCUT2D eigenvalue weighted by Gasteiger charge is -2.07. The van der Waals surface area contributed by atoms with Crippen molar-refractivity contribution in [2.75, 3.05) is 11.8 Å². The summed E-state index contributed by atoms with van der Waals surface area (Å²) in [6, 6.07) is 3.49. The molecule has 19 heavy (non-hydrogen) atoms. The van der Waals surface area contributed by atoms with Gasteiger partial charge in [0.1, 0.15) is 21.5 Å². The summed E-state index contributed by atoms with van der Waals surface area (Å²) in [6.45, 7) is 1.68. The highest BCUT2D eigenvalue weighted by molar-refractivity contribution is 7.93. The minimum Gasteiger partial charge on any atom is -0.497 e. The fraction of sp³-hybridized carbons (Fsp3) is 0.200. The van der Waals surface area contributed by atoms with Crippen LogP contribution in [-0.2, 0) is 10.0 Å². The second kappa shape index (κ2) is 5.10. The van der Waals surface area contributed by atoms with Gasteiger partial charge in [-0.3, -0.25) is 4.72 Å². The van der Waals surface area contributed by atoms with E-state index in [1.807, 2.05) is 0 Å². The second-order valence-corrected chi connectivity index (χ2v) is 6.36. The van der Waals surface area contributed by atoms with Crippen LogP contribution in [0.5, 0.6) is 5.75 Å². The smallest absolute Gasteiger partial charge is 0.266 e. The van der Waals surface area contributed by atoms with Crippen LogP contribution in [0.15, 0.2) is 23.1 Å². The summed E-state index contributed by atoms with van der Waals surface area (Å²) >= 11 is 1.06. The Morgan fingerprint density at radius 1 is 1.37 bits per heavy atom. The first kappa shape index (κ1) is 13.7. The molecule has 1 aromatic carbocycles. The highest BCUT2D eigenvalue weighted by Gasteiger charge is 2.21. The van der Waals surface area contributed by atoms with E-state index in [9.17, 15) is 12.8 Å². The first-order valence-electron chi connectivity index (χ1n) is 5.09. The first-order valence-corrected chi connectivity index (χ1v) is 7.39. The monoisotopic (exact) mass is 303 g/mol. The van der Waals surface area contributed by atoms with Crippen LogP contribution in [-0.4, -0.2) is 25.7 Å². The number of rotatable bonds is 4. The molecule has 0 bridgehead atoms. The average molecular weight is 303 g/mol. The summed E-state index contributed by atoms with van der Waals surface area (Å²) in [5.41, 5.74) is 0. The highest BCUT2D eigenvalue weighted by atomic mass is 32.2. The summed E-state index contributed by atoms with van der Waals surface area (Å²) in [4.78, 5) is -0.471. The van der Waals surface area contributed by atoms with Crippen molar-refractivity contribution in [3.63, 3.8) is 0 Å². The van der Waals surface area contributed by atoms with Crippen molar-refractivity contribution < 1.29 is 17.5 Å².